The Balaban J connectivity index is 1.50. The Kier molecular flexibility index (Phi) is 7.74. The molecule has 5 rings (SSSR count). The molecular formula is C29H31N7OS. The van der Waals surface area contributed by atoms with E-state index in [1.165, 1.54) is 5.56 Å². The molecule has 0 radical (unpaired) electrons. The molecule has 194 valence electrons. The summed E-state index contributed by atoms with van der Waals surface area (Å²) in [5, 5.41) is 11.8. The standard InChI is InChI=1S/C29H31N7OS/c1-4-35(5-2)24-15-13-22(14-16-24)26-25(27(37)32-23-12-9-17-30-18-23)20(3)31-28-33-29(34-36(26)28)38-19-21-10-7-6-8-11-21/h6-18,26H,4-5,19H2,1-3H3,(H,32,37)(H,31,33,34)/t26-/m0/s1. The highest BCUT2D eigenvalue weighted by molar-refractivity contribution is 7.98. The van der Waals surface area contributed by atoms with Gasteiger partial charge in [-0.3, -0.25) is 9.78 Å². The van der Waals surface area contributed by atoms with E-state index in [2.05, 4.69) is 70.8 Å². The molecule has 9 heteroatoms. The van der Waals surface area contributed by atoms with Gasteiger partial charge in [0.15, 0.2) is 0 Å². The molecule has 1 atom stereocenters. The van der Waals surface area contributed by atoms with E-state index >= 15 is 0 Å². The minimum absolute atomic E-state index is 0.208. The molecule has 8 nitrogen and oxygen atoms in total. The second kappa shape index (κ2) is 11.5. The van der Waals surface area contributed by atoms with Crippen LogP contribution in [0.1, 0.15) is 37.9 Å². The van der Waals surface area contributed by atoms with Crippen LogP contribution in [0.25, 0.3) is 0 Å². The highest BCUT2D eigenvalue weighted by Crippen LogP contribution is 2.37. The third-order valence-electron chi connectivity index (χ3n) is 6.55. The number of benzene rings is 2. The topological polar surface area (TPSA) is 88.0 Å². The number of fused-ring (bicyclic) bond motifs is 1. The maximum atomic E-state index is 13.6. The number of nitrogens with one attached hydrogen (secondary N) is 2. The number of anilines is 3. The van der Waals surface area contributed by atoms with Gasteiger partial charge in [-0.2, -0.15) is 4.98 Å². The molecule has 38 heavy (non-hydrogen) atoms. The Bertz CT molecular complexity index is 1410. The number of amides is 1. The monoisotopic (exact) mass is 525 g/mol. The van der Waals surface area contributed by atoms with Crippen molar-refractivity contribution in [1.29, 1.82) is 0 Å². The Labute approximate surface area is 227 Å². The first-order chi connectivity index (χ1) is 18.6. The summed E-state index contributed by atoms with van der Waals surface area (Å²) in [5.41, 5.74) is 5.27. The third-order valence-corrected chi connectivity index (χ3v) is 7.45. The molecule has 4 aromatic rings. The number of nitrogens with zero attached hydrogens (tertiary/aromatic N) is 5. The predicted molar refractivity (Wildman–Crippen MR) is 153 cm³/mol. The molecule has 2 aromatic carbocycles. The molecule has 1 aliphatic heterocycles. The zero-order chi connectivity index (χ0) is 26.5. The molecule has 2 N–H and O–H groups in total. The van der Waals surface area contributed by atoms with Gasteiger partial charge in [0.05, 0.1) is 17.5 Å². The summed E-state index contributed by atoms with van der Waals surface area (Å²) in [5.74, 6) is 1.17. The number of thioether (sulfide) groups is 1. The van der Waals surface area contributed by atoms with E-state index in [4.69, 9.17) is 10.1 Å². The van der Waals surface area contributed by atoms with Crippen molar-refractivity contribution in [2.75, 3.05) is 28.6 Å². The normalized spacial score (nSPS) is 14.6. The fraction of sp³-hybridized carbons (Fsp3) is 0.241. The smallest absolute Gasteiger partial charge is 0.255 e. The van der Waals surface area contributed by atoms with Gasteiger partial charge in [-0.15, -0.1) is 5.10 Å². The predicted octanol–water partition coefficient (Wildman–Crippen LogP) is 5.74. The largest absolute Gasteiger partial charge is 0.372 e. The molecule has 0 unspecified atom stereocenters. The molecule has 0 saturated heterocycles. The minimum atomic E-state index is -0.438. The number of allylic oxidation sites excluding steroid dienone is 1. The van der Waals surface area contributed by atoms with Crippen LogP contribution in [0.5, 0.6) is 0 Å². The van der Waals surface area contributed by atoms with Crippen LogP contribution < -0.4 is 15.5 Å². The maximum Gasteiger partial charge on any atom is 0.255 e. The average Bonchev–Trinajstić information content (AvgIpc) is 3.35. The van der Waals surface area contributed by atoms with Crippen molar-refractivity contribution in [2.24, 2.45) is 0 Å². The van der Waals surface area contributed by atoms with Crippen LogP contribution in [0.3, 0.4) is 0 Å². The maximum absolute atomic E-state index is 13.6. The van der Waals surface area contributed by atoms with E-state index < -0.39 is 6.04 Å². The fourth-order valence-electron chi connectivity index (χ4n) is 4.61. The lowest BCUT2D eigenvalue weighted by Crippen LogP contribution is -2.31. The zero-order valence-electron chi connectivity index (χ0n) is 21.8. The van der Waals surface area contributed by atoms with Gasteiger partial charge in [0.25, 0.3) is 5.91 Å². The molecule has 0 bridgehead atoms. The summed E-state index contributed by atoms with van der Waals surface area (Å²) in [6, 6.07) is 21.8. The highest BCUT2D eigenvalue weighted by atomic mass is 32.2. The molecule has 0 aliphatic carbocycles. The number of pyridine rings is 1. The summed E-state index contributed by atoms with van der Waals surface area (Å²) >= 11 is 1.57. The SMILES string of the molecule is CCN(CC)c1ccc([C@H]2C(C(=O)Nc3cccnc3)=C(C)Nc3nc(SCc4ccccc4)nn32)cc1. The summed E-state index contributed by atoms with van der Waals surface area (Å²) in [7, 11) is 0. The second-order valence-corrected chi connectivity index (χ2v) is 9.91. The lowest BCUT2D eigenvalue weighted by Gasteiger charge is -2.29. The minimum Gasteiger partial charge on any atom is -0.372 e. The van der Waals surface area contributed by atoms with Crippen molar-refractivity contribution in [3.05, 3.63) is 102 Å². The summed E-state index contributed by atoms with van der Waals surface area (Å²) in [6.45, 7) is 8.05. The average molecular weight is 526 g/mol. The van der Waals surface area contributed by atoms with Gasteiger partial charge in [0, 0.05) is 36.4 Å². The molecule has 1 amide bonds. The number of carbonyl (C=O) groups is 1. The second-order valence-electron chi connectivity index (χ2n) is 8.96. The molecule has 1 aliphatic rings. The molecule has 3 heterocycles. The van der Waals surface area contributed by atoms with Crippen molar-refractivity contribution in [3.63, 3.8) is 0 Å². The fourth-order valence-corrected chi connectivity index (χ4v) is 5.39. The van der Waals surface area contributed by atoms with Crippen LogP contribution in [0.2, 0.25) is 0 Å². The quantitative estimate of drug-likeness (QED) is 0.270. The van der Waals surface area contributed by atoms with Gasteiger partial charge in [-0.05, 0) is 56.2 Å². The van der Waals surface area contributed by atoms with E-state index in [9.17, 15) is 4.79 Å². The number of aromatic nitrogens is 4. The van der Waals surface area contributed by atoms with Crippen LogP contribution >= 0.6 is 11.8 Å². The van der Waals surface area contributed by atoms with Crippen LogP contribution in [0.4, 0.5) is 17.3 Å². The van der Waals surface area contributed by atoms with Crippen molar-refractivity contribution in [2.45, 2.75) is 37.7 Å². The highest BCUT2D eigenvalue weighted by Gasteiger charge is 2.34. The summed E-state index contributed by atoms with van der Waals surface area (Å²) in [4.78, 5) is 24.8. The first-order valence-corrected chi connectivity index (χ1v) is 13.7. The molecular weight excluding hydrogens is 494 g/mol. The lowest BCUT2D eigenvalue weighted by atomic mass is 9.94. The summed E-state index contributed by atoms with van der Waals surface area (Å²) in [6.07, 6.45) is 3.32. The van der Waals surface area contributed by atoms with E-state index in [-0.39, 0.29) is 5.91 Å². The molecule has 2 aromatic heterocycles. The van der Waals surface area contributed by atoms with Crippen molar-refractivity contribution >= 4 is 35.0 Å². The van der Waals surface area contributed by atoms with Gasteiger partial charge >= 0.3 is 0 Å². The van der Waals surface area contributed by atoms with E-state index in [0.717, 1.165) is 35.8 Å². The first kappa shape index (κ1) is 25.5. The van der Waals surface area contributed by atoms with Gasteiger partial charge in [-0.25, -0.2) is 4.68 Å². The third kappa shape index (κ3) is 5.43. The van der Waals surface area contributed by atoms with Gasteiger partial charge < -0.3 is 15.5 Å². The van der Waals surface area contributed by atoms with Crippen molar-refractivity contribution in [3.8, 4) is 0 Å². The number of rotatable bonds is 9. The van der Waals surface area contributed by atoms with E-state index in [1.807, 2.05) is 35.9 Å². The Morgan fingerprint density at radius 3 is 2.50 bits per heavy atom. The Morgan fingerprint density at radius 1 is 1.05 bits per heavy atom. The number of hydrogen-bond acceptors (Lipinski definition) is 7. The molecule has 0 spiro atoms. The van der Waals surface area contributed by atoms with Crippen LogP contribution in [0, 0.1) is 0 Å². The van der Waals surface area contributed by atoms with Gasteiger partial charge in [0.1, 0.15) is 6.04 Å². The van der Waals surface area contributed by atoms with Crippen LogP contribution in [0.15, 0.2) is 95.6 Å². The summed E-state index contributed by atoms with van der Waals surface area (Å²) < 4.78 is 1.82. The van der Waals surface area contributed by atoms with Gasteiger partial charge in [0.2, 0.25) is 11.1 Å². The first-order valence-electron chi connectivity index (χ1n) is 12.7. The van der Waals surface area contributed by atoms with Crippen molar-refractivity contribution in [1.82, 2.24) is 19.7 Å². The van der Waals surface area contributed by atoms with E-state index in [1.54, 1.807) is 30.2 Å². The molecule has 0 fully saturated rings. The van der Waals surface area contributed by atoms with Crippen molar-refractivity contribution < 1.29 is 4.79 Å². The Morgan fingerprint density at radius 2 is 1.82 bits per heavy atom. The van der Waals surface area contributed by atoms with Crippen LogP contribution in [-0.2, 0) is 10.5 Å². The molecule has 0 saturated carbocycles. The van der Waals surface area contributed by atoms with Crippen LogP contribution in [-0.4, -0.2) is 38.7 Å². The lowest BCUT2D eigenvalue weighted by molar-refractivity contribution is -0.113. The Hall–Kier alpha value is -4.11. The number of hydrogen-bond donors (Lipinski definition) is 2. The van der Waals surface area contributed by atoms with Gasteiger partial charge in [-0.1, -0.05) is 54.2 Å². The van der Waals surface area contributed by atoms with E-state index in [0.29, 0.717) is 22.4 Å². The zero-order valence-corrected chi connectivity index (χ0v) is 22.6. The number of carbonyl (C=O) groups excluding carboxylic acids is 1.